The number of hydrogen-bond acceptors (Lipinski definition) is 4. The normalized spacial score (nSPS) is 10.1. The second-order valence-corrected chi connectivity index (χ2v) is 2.58. The molecule has 0 aliphatic rings. The summed E-state index contributed by atoms with van der Waals surface area (Å²) in [6.45, 7) is 0. The summed E-state index contributed by atoms with van der Waals surface area (Å²) >= 11 is 0. The van der Waals surface area contributed by atoms with Crippen molar-refractivity contribution in [2.24, 2.45) is 0 Å². The molecule has 2 rings (SSSR count). The van der Waals surface area contributed by atoms with E-state index in [-0.39, 0.29) is 11.9 Å². The van der Waals surface area contributed by atoms with Gasteiger partial charge in [0.2, 0.25) is 0 Å². The van der Waals surface area contributed by atoms with Gasteiger partial charge in [-0.25, -0.2) is 4.39 Å². The van der Waals surface area contributed by atoms with Crippen LogP contribution in [0.15, 0.2) is 28.7 Å². The van der Waals surface area contributed by atoms with E-state index in [9.17, 15) is 4.39 Å². The number of rotatable bonds is 2. The van der Waals surface area contributed by atoms with E-state index >= 15 is 0 Å². The average Bonchev–Trinajstić information content (AvgIpc) is 2.67. The smallest absolute Gasteiger partial charge is 0.414 e. The number of ether oxygens (including phenoxy) is 1. The van der Waals surface area contributed by atoms with Gasteiger partial charge in [0.15, 0.2) is 0 Å². The van der Waals surface area contributed by atoms with E-state index in [0.717, 1.165) is 0 Å². The number of halogens is 1. The minimum absolute atomic E-state index is 0.0873. The molecular weight excluding hydrogens is 187 g/mol. The highest BCUT2D eigenvalue weighted by Gasteiger charge is 2.07. The van der Waals surface area contributed by atoms with Gasteiger partial charge in [0, 0.05) is 5.56 Å². The maximum Gasteiger partial charge on any atom is 0.414 e. The summed E-state index contributed by atoms with van der Waals surface area (Å²) in [5.74, 6) is 0.00193. The van der Waals surface area contributed by atoms with Crippen LogP contribution in [0, 0.1) is 5.82 Å². The average molecular weight is 194 g/mol. The predicted molar refractivity (Wildman–Crippen MR) is 46.2 cm³/mol. The molecule has 0 amide bonds. The van der Waals surface area contributed by atoms with Crippen LogP contribution in [-0.2, 0) is 0 Å². The number of methoxy groups -OCH3 is 1. The van der Waals surface area contributed by atoms with Gasteiger partial charge in [0.25, 0.3) is 5.89 Å². The Balaban J connectivity index is 2.34. The van der Waals surface area contributed by atoms with E-state index in [0.29, 0.717) is 11.5 Å². The fourth-order valence-electron chi connectivity index (χ4n) is 1.00. The fraction of sp³-hybridized carbons (Fsp3) is 0.111. The molecule has 0 unspecified atom stereocenters. The van der Waals surface area contributed by atoms with Gasteiger partial charge in [-0.05, 0) is 24.3 Å². The molecule has 0 atom stereocenters. The van der Waals surface area contributed by atoms with Gasteiger partial charge >= 0.3 is 6.08 Å². The Kier molecular flexibility index (Phi) is 2.14. The van der Waals surface area contributed by atoms with Crippen molar-refractivity contribution >= 4 is 0 Å². The zero-order valence-electron chi connectivity index (χ0n) is 7.40. The summed E-state index contributed by atoms with van der Waals surface area (Å²) in [6, 6.07) is 5.77. The molecule has 0 bridgehead atoms. The van der Waals surface area contributed by atoms with E-state index < -0.39 is 0 Å². The topological polar surface area (TPSA) is 48.2 Å². The Morgan fingerprint density at radius 3 is 2.50 bits per heavy atom. The molecule has 1 heterocycles. The van der Waals surface area contributed by atoms with Gasteiger partial charge in [-0.15, -0.1) is 5.10 Å². The summed E-state index contributed by atoms with van der Waals surface area (Å²) < 4.78 is 22.4. The second kappa shape index (κ2) is 3.45. The Bertz CT molecular complexity index is 425. The third-order valence-electron chi connectivity index (χ3n) is 1.67. The molecule has 1 aromatic carbocycles. The van der Waals surface area contributed by atoms with E-state index in [2.05, 4.69) is 10.2 Å². The molecule has 0 aliphatic carbocycles. The minimum Gasteiger partial charge on any atom is -0.452 e. The first-order valence-electron chi connectivity index (χ1n) is 3.93. The summed E-state index contributed by atoms with van der Waals surface area (Å²) in [7, 11) is 1.43. The highest BCUT2D eigenvalue weighted by atomic mass is 19.1. The first-order valence-corrected chi connectivity index (χ1v) is 3.93. The standard InChI is InChI=1S/C9H7FN2O2/c1-13-9-12-11-8(14-9)6-2-4-7(10)5-3-6/h2-5H,1H3. The van der Waals surface area contributed by atoms with E-state index in [1.165, 1.54) is 19.2 Å². The summed E-state index contributed by atoms with van der Waals surface area (Å²) in [4.78, 5) is 0. The first kappa shape index (κ1) is 8.68. The lowest BCUT2D eigenvalue weighted by Crippen LogP contribution is -1.79. The molecule has 0 radical (unpaired) electrons. The van der Waals surface area contributed by atoms with Crippen molar-refractivity contribution in [1.29, 1.82) is 0 Å². The molecule has 72 valence electrons. The number of aromatic nitrogens is 2. The van der Waals surface area contributed by atoms with Crippen molar-refractivity contribution in [1.82, 2.24) is 10.2 Å². The number of benzene rings is 1. The molecule has 4 nitrogen and oxygen atoms in total. The molecule has 0 saturated carbocycles. The van der Waals surface area contributed by atoms with Crippen LogP contribution < -0.4 is 4.74 Å². The van der Waals surface area contributed by atoms with E-state index in [4.69, 9.17) is 9.15 Å². The van der Waals surface area contributed by atoms with Gasteiger partial charge in [0.1, 0.15) is 5.82 Å². The van der Waals surface area contributed by atoms with Crippen molar-refractivity contribution in [3.63, 3.8) is 0 Å². The van der Waals surface area contributed by atoms with Crippen LogP contribution in [-0.4, -0.2) is 17.3 Å². The van der Waals surface area contributed by atoms with E-state index in [1.54, 1.807) is 12.1 Å². The fourth-order valence-corrected chi connectivity index (χ4v) is 1.00. The third kappa shape index (κ3) is 1.56. The Labute approximate surface area is 79.3 Å². The molecule has 1 aromatic heterocycles. The van der Waals surface area contributed by atoms with Gasteiger partial charge in [-0.1, -0.05) is 5.10 Å². The van der Waals surface area contributed by atoms with Gasteiger partial charge in [0.05, 0.1) is 7.11 Å². The van der Waals surface area contributed by atoms with Crippen LogP contribution in [0.4, 0.5) is 4.39 Å². The van der Waals surface area contributed by atoms with Crippen LogP contribution in [0.1, 0.15) is 0 Å². The molecule has 0 saturated heterocycles. The zero-order chi connectivity index (χ0) is 9.97. The summed E-state index contributed by atoms with van der Waals surface area (Å²) in [6.07, 6.45) is 0.0873. The van der Waals surface area contributed by atoms with Crippen LogP contribution in [0.25, 0.3) is 11.5 Å². The van der Waals surface area contributed by atoms with Crippen LogP contribution in [0.2, 0.25) is 0 Å². The van der Waals surface area contributed by atoms with Crippen LogP contribution >= 0.6 is 0 Å². The Morgan fingerprint density at radius 2 is 1.93 bits per heavy atom. The minimum atomic E-state index is -0.305. The molecule has 0 aliphatic heterocycles. The lowest BCUT2D eigenvalue weighted by atomic mass is 10.2. The summed E-state index contributed by atoms with van der Waals surface area (Å²) in [5, 5.41) is 7.32. The second-order valence-electron chi connectivity index (χ2n) is 2.58. The van der Waals surface area contributed by atoms with Crippen molar-refractivity contribution in [3.8, 4) is 17.5 Å². The third-order valence-corrected chi connectivity index (χ3v) is 1.67. The molecule has 14 heavy (non-hydrogen) atoms. The summed E-state index contributed by atoms with van der Waals surface area (Å²) in [5.41, 5.74) is 0.655. The Hall–Kier alpha value is -1.91. The van der Waals surface area contributed by atoms with Gasteiger partial charge in [-0.3, -0.25) is 0 Å². The van der Waals surface area contributed by atoms with Crippen molar-refractivity contribution in [2.75, 3.05) is 7.11 Å². The SMILES string of the molecule is COc1nnc(-c2ccc(F)cc2)o1. The predicted octanol–water partition coefficient (Wildman–Crippen LogP) is 1.88. The van der Waals surface area contributed by atoms with Gasteiger partial charge < -0.3 is 9.15 Å². The van der Waals surface area contributed by atoms with Crippen LogP contribution in [0.5, 0.6) is 6.08 Å². The Morgan fingerprint density at radius 1 is 1.21 bits per heavy atom. The van der Waals surface area contributed by atoms with E-state index in [1.807, 2.05) is 0 Å². The van der Waals surface area contributed by atoms with Crippen molar-refractivity contribution in [2.45, 2.75) is 0 Å². The maximum absolute atomic E-state index is 12.6. The zero-order valence-corrected chi connectivity index (χ0v) is 7.40. The van der Waals surface area contributed by atoms with Crippen molar-refractivity contribution in [3.05, 3.63) is 30.1 Å². The van der Waals surface area contributed by atoms with Crippen LogP contribution in [0.3, 0.4) is 0 Å². The highest BCUT2D eigenvalue weighted by molar-refractivity contribution is 5.52. The largest absolute Gasteiger partial charge is 0.452 e. The molecule has 0 N–H and O–H groups in total. The lowest BCUT2D eigenvalue weighted by molar-refractivity contribution is 0.293. The molecule has 0 fully saturated rings. The number of nitrogens with zero attached hydrogens (tertiary/aromatic N) is 2. The quantitative estimate of drug-likeness (QED) is 0.732. The molecule has 5 heteroatoms. The monoisotopic (exact) mass is 194 g/mol. The molecular formula is C9H7FN2O2. The molecule has 0 spiro atoms. The number of hydrogen-bond donors (Lipinski definition) is 0. The highest BCUT2D eigenvalue weighted by Crippen LogP contribution is 2.20. The maximum atomic E-state index is 12.6. The molecule has 2 aromatic rings. The first-order chi connectivity index (χ1) is 6.79. The van der Waals surface area contributed by atoms with Crippen molar-refractivity contribution < 1.29 is 13.5 Å². The van der Waals surface area contributed by atoms with Gasteiger partial charge in [-0.2, -0.15) is 0 Å². The lowest BCUT2D eigenvalue weighted by Gasteiger charge is -1.92.